The Labute approximate surface area is 142 Å². The number of nitrogens with zero attached hydrogens (tertiary/aromatic N) is 1. The van der Waals surface area contributed by atoms with Crippen LogP contribution < -0.4 is 0 Å². The van der Waals surface area contributed by atoms with Crippen LogP contribution >= 0.6 is 0 Å². The first kappa shape index (κ1) is 16.4. The maximum absolute atomic E-state index is 13.7. The standard InChI is InChI=1S/C21H22FNO/c1-14-15(2)23(20(24)19(14)16-9-6-5-7-10-16)21(3,4)17-11-8-12-18(22)13-17/h5-13,15H,1-4H3. The van der Waals surface area contributed by atoms with E-state index in [4.69, 9.17) is 0 Å². The monoisotopic (exact) mass is 323 g/mol. The second-order valence-electron chi connectivity index (χ2n) is 6.84. The lowest BCUT2D eigenvalue weighted by atomic mass is 9.91. The van der Waals surface area contributed by atoms with Gasteiger partial charge in [0.2, 0.25) is 0 Å². The van der Waals surface area contributed by atoms with E-state index in [1.165, 1.54) is 12.1 Å². The summed E-state index contributed by atoms with van der Waals surface area (Å²) in [6.45, 7) is 7.98. The van der Waals surface area contributed by atoms with Crippen LogP contribution in [0, 0.1) is 5.82 Å². The van der Waals surface area contributed by atoms with Gasteiger partial charge in [0, 0.05) is 5.57 Å². The van der Waals surface area contributed by atoms with E-state index in [2.05, 4.69) is 0 Å². The molecule has 0 N–H and O–H groups in total. The van der Waals surface area contributed by atoms with E-state index in [1.54, 1.807) is 6.07 Å². The van der Waals surface area contributed by atoms with Crippen molar-refractivity contribution in [1.29, 1.82) is 0 Å². The molecule has 2 aromatic rings. The Kier molecular flexibility index (Phi) is 4.04. The van der Waals surface area contributed by atoms with Gasteiger partial charge in [-0.1, -0.05) is 42.5 Å². The van der Waals surface area contributed by atoms with E-state index in [9.17, 15) is 9.18 Å². The molecular weight excluding hydrogens is 301 g/mol. The third-order valence-electron chi connectivity index (χ3n) is 5.04. The number of hydrogen-bond acceptors (Lipinski definition) is 1. The average Bonchev–Trinajstić information content (AvgIpc) is 2.78. The molecule has 0 radical (unpaired) electrons. The van der Waals surface area contributed by atoms with Crippen LogP contribution in [0.4, 0.5) is 4.39 Å². The molecule has 1 aliphatic heterocycles. The predicted molar refractivity (Wildman–Crippen MR) is 94.8 cm³/mol. The fraction of sp³-hybridized carbons (Fsp3) is 0.286. The fourth-order valence-corrected chi connectivity index (χ4v) is 3.57. The Morgan fingerprint density at radius 2 is 1.71 bits per heavy atom. The van der Waals surface area contributed by atoms with E-state index in [1.807, 2.05) is 69.0 Å². The molecule has 1 unspecified atom stereocenters. The van der Waals surface area contributed by atoms with Crippen LogP contribution in [0.3, 0.4) is 0 Å². The molecule has 2 aromatic carbocycles. The summed E-state index contributed by atoms with van der Waals surface area (Å²) in [4.78, 5) is 15.1. The van der Waals surface area contributed by atoms with E-state index in [0.717, 1.165) is 22.3 Å². The predicted octanol–water partition coefficient (Wildman–Crippen LogP) is 4.77. The molecule has 3 rings (SSSR count). The van der Waals surface area contributed by atoms with Crippen LogP contribution in [0.25, 0.3) is 5.57 Å². The van der Waals surface area contributed by atoms with Crippen molar-refractivity contribution >= 4 is 11.5 Å². The van der Waals surface area contributed by atoms with Crippen LogP contribution in [-0.2, 0) is 10.3 Å². The van der Waals surface area contributed by atoms with Crippen molar-refractivity contribution in [3.8, 4) is 0 Å². The number of hydrogen-bond donors (Lipinski definition) is 0. The summed E-state index contributed by atoms with van der Waals surface area (Å²) in [6, 6.07) is 16.2. The van der Waals surface area contributed by atoms with Gasteiger partial charge in [0.05, 0.1) is 11.6 Å². The minimum Gasteiger partial charge on any atom is -0.323 e. The van der Waals surface area contributed by atoms with Crippen molar-refractivity contribution in [3.63, 3.8) is 0 Å². The van der Waals surface area contributed by atoms with Gasteiger partial charge in [-0.05, 0) is 56.5 Å². The molecule has 0 aromatic heterocycles. The van der Waals surface area contributed by atoms with Gasteiger partial charge in [-0.2, -0.15) is 0 Å². The van der Waals surface area contributed by atoms with Gasteiger partial charge in [-0.25, -0.2) is 4.39 Å². The summed E-state index contributed by atoms with van der Waals surface area (Å²) < 4.78 is 13.7. The van der Waals surface area contributed by atoms with Gasteiger partial charge in [-0.3, -0.25) is 4.79 Å². The summed E-state index contributed by atoms with van der Waals surface area (Å²) in [5.41, 5.74) is 2.94. The molecule has 0 fully saturated rings. The van der Waals surface area contributed by atoms with Crippen molar-refractivity contribution in [2.45, 2.75) is 39.3 Å². The third kappa shape index (κ3) is 2.54. The van der Waals surface area contributed by atoms with E-state index in [-0.39, 0.29) is 17.8 Å². The third-order valence-corrected chi connectivity index (χ3v) is 5.04. The molecule has 24 heavy (non-hydrogen) atoms. The van der Waals surface area contributed by atoms with E-state index in [0.29, 0.717) is 0 Å². The zero-order chi connectivity index (χ0) is 17.5. The first-order chi connectivity index (χ1) is 11.3. The molecule has 1 aliphatic rings. The van der Waals surface area contributed by atoms with Gasteiger partial charge < -0.3 is 4.90 Å². The number of amides is 1. The molecule has 0 saturated carbocycles. The van der Waals surface area contributed by atoms with Crippen molar-refractivity contribution < 1.29 is 9.18 Å². The van der Waals surface area contributed by atoms with Gasteiger partial charge >= 0.3 is 0 Å². The lowest BCUT2D eigenvalue weighted by Crippen LogP contribution is -2.47. The Bertz CT molecular complexity index is 808. The quantitative estimate of drug-likeness (QED) is 0.797. The molecule has 2 nitrogen and oxygen atoms in total. The van der Waals surface area contributed by atoms with E-state index < -0.39 is 5.54 Å². The lowest BCUT2D eigenvalue weighted by molar-refractivity contribution is -0.130. The van der Waals surface area contributed by atoms with Crippen LogP contribution in [0.2, 0.25) is 0 Å². The molecule has 3 heteroatoms. The van der Waals surface area contributed by atoms with Crippen molar-refractivity contribution in [1.82, 2.24) is 4.90 Å². The van der Waals surface area contributed by atoms with Crippen LogP contribution in [0.1, 0.15) is 38.8 Å². The highest BCUT2D eigenvalue weighted by Crippen LogP contribution is 2.41. The Morgan fingerprint density at radius 1 is 1.04 bits per heavy atom. The fourth-order valence-electron chi connectivity index (χ4n) is 3.57. The second kappa shape index (κ2) is 5.90. The number of halogens is 1. The first-order valence-corrected chi connectivity index (χ1v) is 8.20. The van der Waals surface area contributed by atoms with Gasteiger partial charge in [0.25, 0.3) is 5.91 Å². The Hall–Kier alpha value is -2.42. The second-order valence-corrected chi connectivity index (χ2v) is 6.84. The van der Waals surface area contributed by atoms with Crippen molar-refractivity contribution in [2.24, 2.45) is 0 Å². The SMILES string of the molecule is CC1=C(c2ccccc2)C(=O)N(C(C)(C)c2cccc(F)c2)C1C. The lowest BCUT2D eigenvalue weighted by Gasteiger charge is -2.40. The molecule has 1 atom stereocenters. The first-order valence-electron chi connectivity index (χ1n) is 8.20. The molecule has 0 spiro atoms. The number of benzene rings is 2. The molecule has 1 heterocycles. The van der Waals surface area contributed by atoms with Crippen LogP contribution in [-0.4, -0.2) is 16.8 Å². The summed E-state index contributed by atoms with van der Waals surface area (Å²) in [6.07, 6.45) is 0. The maximum Gasteiger partial charge on any atom is 0.255 e. The molecule has 0 bridgehead atoms. The van der Waals surface area contributed by atoms with E-state index >= 15 is 0 Å². The highest BCUT2D eigenvalue weighted by atomic mass is 19.1. The van der Waals surface area contributed by atoms with Crippen molar-refractivity contribution in [3.05, 3.63) is 77.1 Å². The Balaban J connectivity index is 2.04. The summed E-state index contributed by atoms with van der Waals surface area (Å²) in [5.74, 6) is -0.284. The molecule has 0 saturated heterocycles. The van der Waals surface area contributed by atoms with Gasteiger partial charge in [-0.15, -0.1) is 0 Å². The van der Waals surface area contributed by atoms with Crippen molar-refractivity contribution in [2.75, 3.05) is 0 Å². The number of carbonyl (C=O) groups is 1. The van der Waals surface area contributed by atoms with Gasteiger partial charge in [0.15, 0.2) is 0 Å². The highest BCUT2D eigenvalue weighted by Gasteiger charge is 2.43. The topological polar surface area (TPSA) is 20.3 Å². The number of rotatable bonds is 3. The van der Waals surface area contributed by atoms with Gasteiger partial charge in [0.1, 0.15) is 5.82 Å². The smallest absolute Gasteiger partial charge is 0.255 e. The van der Waals surface area contributed by atoms with Crippen LogP contribution in [0.15, 0.2) is 60.2 Å². The van der Waals surface area contributed by atoms with Crippen LogP contribution in [0.5, 0.6) is 0 Å². The highest BCUT2D eigenvalue weighted by molar-refractivity contribution is 6.23. The zero-order valence-electron chi connectivity index (χ0n) is 14.5. The minimum absolute atomic E-state index is 0.000427. The number of carbonyl (C=O) groups excluding carboxylic acids is 1. The molecule has 124 valence electrons. The molecular formula is C21H22FNO. The molecule has 0 aliphatic carbocycles. The minimum atomic E-state index is -0.601. The maximum atomic E-state index is 13.7. The Morgan fingerprint density at radius 3 is 2.33 bits per heavy atom. The zero-order valence-corrected chi connectivity index (χ0v) is 14.5. The molecule has 1 amide bonds. The summed E-state index contributed by atoms with van der Waals surface area (Å²) >= 11 is 0. The summed E-state index contributed by atoms with van der Waals surface area (Å²) in [5, 5.41) is 0. The summed E-state index contributed by atoms with van der Waals surface area (Å²) in [7, 11) is 0. The largest absolute Gasteiger partial charge is 0.323 e. The normalized spacial score (nSPS) is 18.5. The average molecular weight is 323 g/mol.